The molecule has 4 rings (SSSR count). The predicted molar refractivity (Wildman–Crippen MR) is 111 cm³/mol. The SMILES string of the molecule is CC(C#N)c1cn(C(c2ccccc2)(c2ccccc2)c2ccccc2)cn1. The summed E-state index contributed by atoms with van der Waals surface area (Å²) in [5.74, 6) is -0.263. The standard InChI is InChI=1S/C25H21N3/c1-20(17-26)24-18-28(19-27-24)25(21-11-5-2-6-12-21,22-13-7-3-8-14-22)23-15-9-4-10-16-23/h2-16,18-20H,1H3. The first-order valence-corrected chi connectivity index (χ1v) is 9.37. The highest BCUT2D eigenvalue weighted by Gasteiger charge is 2.38. The molecule has 0 spiro atoms. The van der Waals surface area contributed by atoms with Gasteiger partial charge in [0.25, 0.3) is 0 Å². The molecule has 0 saturated heterocycles. The minimum atomic E-state index is -0.579. The lowest BCUT2D eigenvalue weighted by molar-refractivity contribution is 0.514. The van der Waals surface area contributed by atoms with Crippen molar-refractivity contribution in [2.45, 2.75) is 18.4 Å². The van der Waals surface area contributed by atoms with Gasteiger partial charge in [0.2, 0.25) is 0 Å². The number of hydrogen-bond donors (Lipinski definition) is 0. The molecule has 0 aliphatic rings. The molecule has 1 aromatic heterocycles. The second kappa shape index (κ2) is 7.54. The van der Waals surface area contributed by atoms with Crippen LogP contribution in [0, 0.1) is 11.3 Å². The lowest BCUT2D eigenvalue weighted by Crippen LogP contribution is -2.36. The first kappa shape index (κ1) is 17.8. The minimum Gasteiger partial charge on any atom is -0.319 e. The van der Waals surface area contributed by atoms with Gasteiger partial charge in [0.1, 0.15) is 5.54 Å². The Balaban J connectivity index is 2.08. The Kier molecular flexibility index (Phi) is 4.78. The van der Waals surface area contributed by atoms with Crippen molar-refractivity contribution in [2.24, 2.45) is 0 Å². The Bertz CT molecular complexity index is 980. The van der Waals surface area contributed by atoms with E-state index in [4.69, 9.17) is 0 Å². The van der Waals surface area contributed by atoms with E-state index in [0.717, 1.165) is 22.4 Å². The molecule has 1 unspecified atom stereocenters. The number of imidazole rings is 1. The van der Waals surface area contributed by atoms with E-state index in [1.807, 2.05) is 37.6 Å². The van der Waals surface area contributed by atoms with Crippen molar-refractivity contribution in [3.8, 4) is 6.07 Å². The van der Waals surface area contributed by atoms with Crippen molar-refractivity contribution in [1.82, 2.24) is 9.55 Å². The van der Waals surface area contributed by atoms with Gasteiger partial charge in [0, 0.05) is 6.20 Å². The van der Waals surface area contributed by atoms with Crippen molar-refractivity contribution in [1.29, 1.82) is 5.26 Å². The molecule has 3 aromatic carbocycles. The van der Waals surface area contributed by atoms with E-state index in [2.05, 4.69) is 88.4 Å². The van der Waals surface area contributed by atoms with Crippen LogP contribution in [0.25, 0.3) is 0 Å². The Morgan fingerprint density at radius 1 is 0.786 bits per heavy atom. The van der Waals surface area contributed by atoms with Gasteiger partial charge in [-0.1, -0.05) is 91.0 Å². The summed E-state index contributed by atoms with van der Waals surface area (Å²) >= 11 is 0. The summed E-state index contributed by atoms with van der Waals surface area (Å²) in [7, 11) is 0. The molecule has 3 nitrogen and oxygen atoms in total. The highest BCUT2D eigenvalue weighted by molar-refractivity contribution is 5.50. The van der Waals surface area contributed by atoms with Gasteiger partial charge < -0.3 is 4.57 Å². The zero-order valence-electron chi connectivity index (χ0n) is 15.7. The van der Waals surface area contributed by atoms with Gasteiger partial charge in [-0.15, -0.1) is 0 Å². The number of rotatable bonds is 5. The molecule has 0 aliphatic heterocycles. The molecule has 0 amide bonds. The Morgan fingerprint density at radius 2 is 1.21 bits per heavy atom. The summed E-state index contributed by atoms with van der Waals surface area (Å²) < 4.78 is 2.14. The first-order valence-electron chi connectivity index (χ1n) is 9.37. The molecular weight excluding hydrogens is 342 g/mol. The first-order chi connectivity index (χ1) is 13.8. The number of aromatic nitrogens is 2. The quantitative estimate of drug-likeness (QED) is 0.449. The number of benzene rings is 3. The van der Waals surface area contributed by atoms with E-state index in [9.17, 15) is 5.26 Å². The third-order valence-corrected chi connectivity index (χ3v) is 5.20. The van der Waals surface area contributed by atoms with Crippen molar-refractivity contribution in [3.05, 3.63) is 126 Å². The summed E-state index contributed by atoms with van der Waals surface area (Å²) in [5.41, 5.74) is 3.61. The maximum Gasteiger partial charge on any atom is 0.121 e. The molecule has 0 aliphatic carbocycles. The van der Waals surface area contributed by atoms with Crippen LogP contribution in [0.2, 0.25) is 0 Å². The van der Waals surface area contributed by atoms with E-state index < -0.39 is 5.54 Å². The molecule has 136 valence electrons. The van der Waals surface area contributed by atoms with Crippen LogP contribution in [-0.2, 0) is 5.54 Å². The van der Waals surface area contributed by atoms with Gasteiger partial charge in [-0.25, -0.2) is 4.98 Å². The topological polar surface area (TPSA) is 41.6 Å². The average Bonchev–Trinajstić information content (AvgIpc) is 3.26. The van der Waals surface area contributed by atoms with Gasteiger partial charge in [-0.05, 0) is 23.6 Å². The molecule has 0 fully saturated rings. The summed E-state index contributed by atoms with van der Waals surface area (Å²) in [6.07, 6.45) is 3.84. The number of nitriles is 1. The second-order valence-electron chi connectivity index (χ2n) is 6.87. The number of nitrogens with zero attached hydrogens (tertiary/aromatic N) is 3. The van der Waals surface area contributed by atoms with Crippen LogP contribution in [0.1, 0.15) is 35.2 Å². The zero-order valence-corrected chi connectivity index (χ0v) is 15.7. The molecule has 0 N–H and O–H groups in total. The molecule has 28 heavy (non-hydrogen) atoms. The van der Waals surface area contributed by atoms with E-state index in [0.29, 0.717) is 0 Å². The fourth-order valence-corrected chi connectivity index (χ4v) is 3.80. The van der Waals surface area contributed by atoms with E-state index in [1.165, 1.54) is 0 Å². The third kappa shape index (κ3) is 2.90. The Morgan fingerprint density at radius 3 is 1.61 bits per heavy atom. The normalized spacial score (nSPS) is 12.3. The average molecular weight is 363 g/mol. The third-order valence-electron chi connectivity index (χ3n) is 5.20. The molecule has 0 saturated carbocycles. The van der Waals surface area contributed by atoms with Gasteiger partial charge in [-0.2, -0.15) is 5.26 Å². The van der Waals surface area contributed by atoms with Crippen molar-refractivity contribution < 1.29 is 0 Å². The van der Waals surface area contributed by atoms with E-state index >= 15 is 0 Å². The van der Waals surface area contributed by atoms with Gasteiger partial charge >= 0.3 is 0 Å². The van der Waals surface area contributed by atoms with Crippen molar-refractivity contribution in [3.63, 3.8) is 0 Å². The van der Waals surface area contributed by atoms with E-state index in [1.54, 1.807) is 0 Å². The van der Waals surface area contributed by atoms with Crippen LogP contribution in [0.15, 0.2) is 104 Å². The van der Waals surface area contributed by atoms with Crippen molar-refractivity contribution >= 4 is 0 Å². The van der Waals surface area contributed by atoms with Crippen LogP contribution in [0.3, 0.4) is 0 Å². The molecular formula is C25H21N3. The fourth-order valence-electron chi connectivity index (χ4n) is 3.80. The maximum atomic E-state index is 9.35. The number of hydrogen-bond acceptors (Lipinski definition) is 2. The molecule has 4 aromatic rings. The van der Waals surface area contributed by atoms with Crippen LogP contribution in [0.4, 0.5) is 0 Å². The van der Waals surface area contributed by atoms with Crippen LogP contribution < -0.4 is 0 Å². The summed E-state index contributed by atoms with van der Waals surface area (Å²) in [6, 6.07) is 33.6. The maximum absolute atomic E-state index is 9.35. The summed E-state index contributed by atoms with van der Waals surface area (Å²) in [4.78, 5) is 4.57. The van der Waals surface area contributed by atoms with Crippen LogP contribution in [-0.4, -0.2) is 9.55 Å². The molecule has 0 radical (unpaired) electrons. The largest absolute Gasteiger partial charge is 0.319 e. The monoisotopic (exact) mass is 363 g/mol. The highest BCUT2D eigenvalue weighted by atomic mass is 15.1. The zero-order chi connectivity index (χ0) is 19.4. The van der Waals surface area contributed by atoms with Gasteiger partial charge in [-0.3, -0.25) is 0 Å². The fraction of sp³-hybridized carbons (Fsp3) is 0.120. The molecule has 0 bridgehead atoms. The van der Waals surface area contributed by atoms with Crippen LogP contribution in [0.5, 0.6) is 0 Å². The van der Waals surface area contributed by atoms with Gasteiger partial charge in [0.15, 0.2) is 0 Å². The smallest absolute Gasteiger partial charge is 0.121 e. The molecule has 3 heteroatoms. The summed E-state index contributed by atoms with van der Waals surface area (Å²) in [6.45, 7) is 1.88. The Hall–Kier alpha value is -3.64. The minimum absolute atomic E-state index is 0.263. The lowest BCUT2D eigenvalue weighted by Gasteiger charge is -2.37. The van der Waals surface area contributed by atoms with Crippen molar-refractivity contribution in [2.75, 3.05) is 0 Å². The molecule has 1 atom stereocenters. The van der Waals surface area contributed by atoms with Crippen LogP contribution >= 0.6 is 0 Å². The molecule has 1 heterocycles. The summed E-state index contributed by atoms with van der Waals surface area (Å²) in [5, 5.41) is 9.35. The highest BCUT2D eigenvalue weighted by Crippen LogP contribution is 2.41. The lowest BCUT2D eigenvalue weighted by atomic mass is 9.77. The Labute approximate surface area is 165 Å². The second-order valence-corrected chi connectivity index (χ2v) is 6.87. The van der Waals surface area contributed by atoms with E-state index in [-0.39, 0.29) is 5.92 Å². The predicted octanol–water partition coefficient (Wildman–Crippen LogP) is 5.35. The van der Waals surface area contributed by atoms with Gasteiger partial charge in [0.05, 0.1) is 24.0 Å².